The molecule has 2 N–H and O–H groups in total. The summed E-state index contributed by atoms with van der Waals surface area (Å²) in [6.07, 6.45) is 3.73. The quantitative estimate of drug-likeness (QED) is 0.637. The van der Waals surface area contributed by atoms with Crippen molar-refractivity contribution in [3.63, 3.8) is 0 Å². The van der Waals surface area contributed by atoms with E-state index in [1.165, 1.54) is 4.90 Å². The number of rotatable bonds is 3. The summed E-state index contributed by atoms with van der Waals surface area (Å²) in [5, 5.41) is 6.91. The van der Waals surface area contributed by atoms with Gasteiger partial charge in [0.1, 0.15) is 5.71 Å². The lowest BCUT2D eigenvalue weighted by Crippen LogP contribution is -2.37. The fourth-order valence-corrected chi connectivity index (χ4v) is 1.99. The molecule has 1 aromatic rings. The summed E-state index contributed by atoms with van der Waals surface area (Å²) in [4.78, 5) is 12.6. The zero-order chi connectivity index (χ0) is 12.1. The number of benzene rings is 1. The SMILES string of the molecule is CSc1ccc(NN=C2CCCNC2=O)cc1. The van der Waals surface area contributed by atoms with Crippen molar-refractivity contribution < 1.29 is 4.79 Å². The minimum atomic E-state index is -0.0653. The maximum absolute atomic E-state index is 11.4. The van der Waals surface area contributed by atoms with Crippen LogP contribution in [0.4, 0.5) is 5.69 Å². The Labute approximate surface area is 105 Å². The molecule has 0 radical (unpaired) electrons. The van der Waals surface area contributed by atoms with E-state index in [0.29, 0.717) is 5.71 Å². The second-order valence-corrected chi connectivity index (χ2v) is 4.64. The fraction of sp³-hybridized carbons (Fsp3) is 0.333. The molecule has 17 heavy (non-hydrogen) atoms. The summed E-state index contributed by atoms with van der Waals surface area (Å²) >= 11 is 1.70. The topological polar surface area (TPSA) is 53.5 Å². The molecular weight excluding hydrogens is 234 g/mol. The number of anilines is 1. The lowest BCUT2D eigenvalue weighted by molar-refractivity contribution is -0.115. The minimum absolute atomic E-state index is 0.0653. The predicted molar refractivity (Wildman–Crippen MR) is 71.5 cm³/mol. The molecule has 0 spiro atoms. The first-order valence-corrected chi connectivity index (χ1v) is 6.77. The number of amides is 1. The van der Waals surface area contributed by atoms with E-state index in [9.17, 15) is 4.79 Å². The Balaban J connectivity index is 2.00. The van der Waals surface area contributed by atoms with E-state index in [1.807, 2.05) is 30.5 Å². The Hall–Kier alpha value is -1.49. The molecule has 4 nitrogen and oxygen atoms in total. The molecule has 1 aromatic carbocycles. The Morgan fingerprint density at radius 1 is 1.35 bits per heavy atom. The Morgan fingerprint density at radius 3 is 2.76 bits per heavy atom. The van der Waals surface area contributed by atoms with Gasteiger partial charge in [-0.1, -0.05) is 0 Å². The smallest absolute Gasteiger partial charge is 0.267 e. The van der Waals surface area contributed by atoms with Crippen molar-refractivity contribution in [3.8, 4) is 0 Å². The summed E-state index contributed by atoms with van der Waals surface area (Å²) < 4.78 is 0. The van der Waals surface area contributed by atoms with E-state index in [1.54, 1.807) is 11.8 Å². The molecule has 1 amide bonds. The average Bonchev–Trinajstić information content (AvgIpc) is 2.38. The molecule has 1 aliphatic heterocycles. The van der Waals surface area contributed by atoms with Gasteiger partial charge in [-0.2, -0.15) is 5.10 Å². The standard InChI is InChI=1S/C12H15N3OS/c1-17-10-6-4-9(5-7-10)14-15-11-3-2-8-13-12(11)16/h4-7,14H,2-3,8H2,1H3,(H,13,16). The van der Waals surface area contributed by atoms with Gasteiger partial charge < -0.3 is 5.32 Å². The van der Waals surface area contributed by atoms with Gasteiger partial charge in [-0.05, 0) is 43.4 Å². The summed E-state index contributed by atoms with van der Waals surface area (Å²) in [6.45, 7) is 0.750. The average molecular weight is 249 g/mol. The molecule has 1 saturated heterocycles. The maximum Gasteiger partial charge on any atom is 0.267 e. The van der Waals surface area contributed by atoms with Crippen LogP contribution < -0.4 is 10.7 Å². The molecule has 0 bridgehead atoms. The molecule has 0 aromatic heterocycles. The lowest BCUT2D eigenvalue weighted by Gasteiger charge is -2.13. The normalized spacial score (nSPS) is 17.9. The number of carbonyl (C=O) groups is 1. The van der Waals surface area contributed by atoms with Gasteiger partial charge in [0, 0.05) is 11.4 Å². The number of hydrogen-bond donors (Lipinski definition) is 2. The van der Waals surface area contributed by atoms with Gasteiger partial charge in [-0.25, -0.2) is 0 Å². The highest BCUT2D eigenvalue weighted by molar-refractivity contribution is 7.98. The highest BCUT2D eigenvalue weighted by Crippen LogP contribution is 2.17. The van der Waals surface area contributed by atoms with Crippen LogP contribution in [0.2, 0.25) is 0 Å². The molecule has 2 rings (SSSR count). The molecule has 0 aliphatic carbocycles. The molecule has 0 saturated carbocycles. The molecule has 0 atom stereocenters. The zero-order valence-corrected chi connectivity index (χ0v) is 10.5. The number of thioether (sulfide) groups is 1. The molecular formula is C12H15N3OS. The molecule has 1 fully saturated rings. The van der Waals surface area contributed by atoms with Gasteiger partial charge in [-0.3, -0.25) is 10.2 Å². The predicted octanol–water partition coefficient (Wildman–Crippen LogP) is 2.09. The van der Waals surface area contributed by atoms with E-state index in [-0.39, 0.29) is 5.91 Å². The highest BCUT2D eigenvalue weighted by Gasteiger charge is 2.15. The van der Waals surface area contributed by atoms with Gasteiger partial charge in [0.05, 0.1) is 5.69 Å². The van der Waals surface area contributed by atoms with Crippen molar-refractivity contribution in [2.45, 2.75) is 17.7 Å². The second kappa shape index (κ2) is 5.72. The zero-order valence-electron chi connectivity index (χ0n) is 9.69. The number of carbonyl (C=O) groups excluding carboxylic acids is 1. The van der Waals surface area contributed by atoms with Gasteiger partial charge >= 0.3 is 0 Å². The first kappa shape index (κ1) is 12.0. The van der Waals surface area contributed by atoms with E-state index < -0.39 is 0 Å². The van der Waals surface area contributed by atoms with Crippen LogP contribution in [-0.4, -0.2) is 24.4 Å². The molecule has 1 aliphatic rings. The molecule has 1 heterocycles. The van der Waals surface area contributed by atoms with Crippen LogP contribution >= 0.6 is 11.8 Å². The van der Waals surface area contributed by atoms with Crippen molar-refractivity contribution in [1.82, 2.24) is 5.32 Å². The van der Waals surface area contributed by atoms with Gasteiger partial charge in [0.25, 0.3) is 5.91 Å². The van der Waals surface area contributed by atoms with E-state index in [2.05, 4.69) is 15.8 Å². The van der Waals surface area contributed by atoms with Gasteiger partial charge in [0.15, 0.2) is 0 Å². The highest BCUT2D eigenvalue weighted by atomic mass is 32.2. The first-order chi connectivity index (χ1) is 8.29. The largest absolute Gasteiger partial charge is 0.351 e. The van der Waals surface area contributed by atoms with E-state index in [4.69, 9.17) is 0 Å². The molecule has 90 valence electrons. The third kappa shape index (κ3) is 3.23. The third-order valence-electron chi connectivity index (χ3n) is 2.55. The van der Waals surface area contributed by atoms with Crippen LogP contribution in [0, 0.1) is 0 Å². The number of nitrogens with zero attached hydrogens (tertiary/aromatic N) is 1. The Bertz CT molecular complexity index is 428. The Kier molecular flexibility index (Phi) is 4.03. The van der Waals surface area contributed by atoms with Crippen molar-refractivity contribution in [2.75, 3.05) is 18.2 Å². The molecule has 0 unspecified atom stereocenters. The van der Waals surface area contributed by atoms with Crippen molar-refractivity contribution >= 4 is 29.1 Å². The van der Waals surface area contributed by atoms with Crippen molar-refractivity contribution in [1.29, 1.82) is 0 Å². The number of hydrazone groups is 1. The maximum atomic E-state index is 11.4. The number of hydrogen-bond acceptors (Lipinski definition) is 4. The summed E-state index contributed by atoms with van der Waals surface area (Å²) in [7, 11) is 0. The third-order valence-corrected chi connectivity index (χ3v) is 3.29. The van der Waals surface area contributed by atoms with E-state index >= 15 is 0 Å². The minimum Gasteiger partial charge on any atom is -0.351 e. The number of piperidine rings is 1. The van der Waals surface area contributed by atoms with Crippen molar-refractivity contribution in [3.05, 3.63) is 24.3 Å². The van der Waals surface area contributed by atoms with Gasteiger partial charge in [0.2, 0.25) is 0 Å². The second-order valence-electron chi connectivity index (χ2n) is 3.76. The first-order valence-electron chi connectivity index (χ1n) is 5.54. The summed E-state index contributed by atoms with van der Waals surface area (Å²) in [6, 6.07) is 7.95. The van der Waals surface area contributed by atoms with E-state index in [0.717, 1.165) is 25.1 Å². The van der Waals surface area contributed by atoms with Crippen molar-refractivity contribution in [2.24, 2.45) is 5.10 Å². The Morgan fingerprint density at radius 2 is 2.12 bits per heavy atom. The van der Waals surface area contributed by atoms with Crippen LogP contribution in [0.15, 0.2) is 34.3 Å². The lowest BCUT2D eigenvalue weighted by atomic mass is 10.1. The van der Waals surface area contributed by atoms with Crippen LogP contribution in [0.1, 0.15) is 12.8 Å². The van der Waals surface area contributed by atoms with Crippen LogP contribution in [0.3, 0.4) is 0 Å². The number of nitrogens with one attached hydrogen (secondary N) is 2. The van der Waals surface area contributed by atoms with Crippen LogP contribution in [-0.2, 0) is 4.79 Å². The van der Waals surface area contributed by atoms with Crippen LogP contribution in [0.5, 0.6) is 0 Å². The molecule has 5 heteroatoms. The van der Waals surface area contributed by atoms with Gasteiger partial charge in [-0.15, -0.1) is 11.8 Å². The summed E-state index contributed by atoms with van der Waals surface area (Å²) in [5.41, 5.74) is 4.39. The summed E-state index contributed by atoms with van der Waals surface area (Å²) in [5.74, 6) is -0.0653. The fourth-order valence-electron chi connectivity index (χ4n) is 1.58. The monoisotopic (exact) mass is 249 g/mol. The van der Waals surface area contributed by atoms with Crippen LogP contribution in [0.25, 0.3) is 0 Å².